The number of rotatable bonds is 9. The Labute approximate surface area is 183 Å². The molecular weight excluding hydrogens is 423 g/mol. The third-order valence-corrected chi connectivity index (χ3v) is 5.83. The lowest BCUT2D eigenvalue weighted by molar-refractivity contribution is -0.138. The molecule has 3 aromatic rings. The fraction of sp³-hybridized carbons (Fsp3) is 0.304. The van der Waals surface area contributed by atoms with Crippen LogP contribution in [0, 0.1) is 0 Å². The molecule has 3 rings (SSSR count). The highest BCUT2D eigenvalue weighted by Gasteiger charge is 2.33. The summed E-state index contributed by atoms with van der Waals surface area (Å²) in [5.41, 5.74) is 6.02. The number of carbonyl (C=O) groups excluding carboxylic acids is 1. The summed E-state index contributed by atoms with van der Waals surface area (Å²) in [5.74, 6) is 0.122. The average molecular weight is 448 g/mol. The van der Waals surface area contributed by atoms with Gasteiger partial charge in [0.05, 0.1) is 17.5 Å². The smallest absolute Gasteiger partial charge is 0.366 e. The first-order valence-electron chi connectivity index (χ1n) is 10.0. The molecule has 0 unspecified atom stereocenters. The van der Waals surface area contributed by atoms with Gasteiger partial charge in [0.1, 0.15) is 5.82 Å². The molecule has 0 saturated heterocycles. The van der Waals surface area contributed by atoms with Crippen LogP contribution in [0.1, 0.15) is 47.3 Å². The van der Waals surface area contributed by atoms with Gasteiger partial charge in [0, 0.05) is 29.8 Å². The average Bonchev–Trinajstić information content (AvgIpc) is 3.36. The first-order valence-corrected chi connectivity index (χ1v) is 10.9. The molecule has 4 nitrogen and oxygen atoms in total. The van der Waals surface area contributed by atoms with Gasteiger partial charge in [-0.1, -0.05) is 37.6 Å². The molecule has 1 amide bonds. The largest absolute Gasteiger partial charge is 0.416 e. The summed E-state index contributed by atoms with van der Waals surface area (Å²) >= 11 is 1.51. The van der Waals surface area contributed by atoms with Crippen LogP contribution in [0.15, 0.2) is 53.5 Å². The minimum absolute atomic E-state index is 0.00556. The number of imidazole rings is 1. The number of halogens is 3. The van der Waals surface area contributed by atoms with Crippen molar-refractivity contribution in [3.05, 3.63) is 81.1 Å². The van der Waals surface area contributed by atoms with E-state index in [2.05, 4.69) is 4.98 Å². The molecule has 8 heteroatoms. The molecule has 0 saturated carbocycles. The fourth-order valence-electron chi connectivity index (χ4n) is 3.35. The van der Waals surface area contributed by atoms with E-state index in [1.165, 1.54) is 23.5 Å². The van der Waals surface area contributed by atoms with Gasteiger partial charge in [-0.2, -0.15) is 13.2 Å². The molecule has 1 aromatic carbocycles. The van der Waals surface area contributed by atoms with Crippen molar-refractivity contribution >= 4 is 23.3 Å². The lowest BCUT2D eigenvalue weighted by atomic mass is 10.1. The number of aromatic nitrogens is 2. The number of nitrogens with two attached hydrogens (primary N) is 1. The van der Waals surface area contributed by atoms with Gasteiger partial charge in [-0.25, -0.2) is 4.98 Å². The Morgan fingerprint density at radius 1 is 1.23 bits per heavy atom. The SMILES string of the molecule is CCCCc1ncc(/C=C(\Cc2cccs2)C(N)=O)n1Cc1ccccc1C(F)(F)F. The van der Waals surface area contributed by atoms with Crippen LogP contribution in [0.2, 0.25) is 0 Å². The van der Waals surface area contributed by atoms with Gasteiger partial charge in [-0.05, 0) is 35.6 Å². The van der Waals surface area contributed by atoms with Crippen LogP contribution in [0.4, 0.5) is 13.2 Å². The van der Waals surface area contributed by atoms with E-state index in [0.717, 1.165) is 23.8 Å². The molecule has 2 heterocycles. The molecule has 164 valence electrons. The quantitative estimate of drug-likeness (QED) is 0.443. The van der Waals surface area contributed by atoms with E-state index in [9.17, 15) is 18.0 Å². The van der Waals surface area contributed by atoms with Crippen molar-refractivity contribution < 1.29 is 18.0 Å². The molecule has 2 aromatic heterocycles. The summed E-state index contributed by atoms with van der Waals surface area (Å²) in [5, 5.41) is 1.91. The molecule has 0 aliphatic heterocycles. The van der Waals surface area contributed by atoms with Gasteiger partial charge in [0.2, 0.25) is 5.91 Å². The van der Waals surface area contributed by atoms with Crippen LogP contribution in [0.3, 0.4) is 0 Å². The van der Waals surface area contributed by atoms with E-state index in [1.807, 2.05) is 24.4 Å². The Morgan fingerprint density at radius 2 is 2.00 bits per heavy atom. The third kappa shape index (κ3) is 5.85. The number of primary amides is 1. The number of carbonyl (C=O) groups is 1. The molecule has 0 aliphatic rings. The van der Waals surface area contributed by atoms with Gasteiger partial charge in [-0.15, -0.1) is 11.3 Å². The van der Waals surface area contributed by atoms with E-state index < -0.39 is 17.6 Å². The van der Waals surface area contributed by atoms with Crippen LogP contribution in [0.5, 0.6) is 0 Å². The Bertz CT molecular complexity index is 1050. The van der Waals surface area contributed by atoms with Gasteiger partial charge in [0.25, 0.3) is 0 Å². The number of amides is 1. The van der Waals surface area contributed by atoms with E-state index in [0.29, 0.717) is 29.9 Å². The highest BCUT2D eigenvalue weighted by atomic mass is 32.1. The van der Waals surface area contributed by atoms with Crippen molar-refractivity contribution in [3.8, 4) is 0 Å². The number of unbranched alkanes of at least 4 members (excludes halogenated alkanes) is 1. The highest BCUT2D eigenvalue weighted by molar-refractivity contribution is 7.09. The van der Waals surface area contributed by atoms with E-state index in [1.54, 1.807) is 22.9 Å². The number of alkyl halides is 3. The van der Waals surface area contributed by atoms with Gasteiger partial charge in [-0.3, -0.25) is 4.79 Å². The molecule has 31 heavy (non-hydrogen) atoms. The summed E-state index contributed by atoms with van der Waals surface area (Å²) in [6.07, 6.45) is 1.57. The fourth-order valence-corrected chi connectivity index (χ4v) is 4.08. The number of thiophene rings is 1. The van der Waals surface area contributed by atoms with Crippen LogP contribution < -0.4 is 5.73 Å². The first-order chi connectivity index (χ1) is 14.8. The zero-order valence-electron chi connectivity index (χ0n) is 17.2. The van der Waals surface area contributed by atoms with E-state index >= 15 is 0 Å². The standard InChI is InChI=1S/C23H24F3N3OS/c1-2-3-10-21-28-14-18(12-17(22(27)30)13-19-8-6-11-31-19)29(21)15-16-7-4-5-9-20(16)23(24,25)26/h4-9,11-12,14H,2-3,10,13,15H2,1H3,(H2,27,30)/b17-12+. The molecule has 0 bridgehead atoms. The predicted molar refractivity (Wildman–Crippen MR) is 117 cm³/mol. The number of nitrogens with zero attached hydrogens (tertiary/aromatic N) is 2. The topological polar surface area (TPSA) is 60.9 Å². The maximum atomic E-state index is 13.5. The predicted octanol–water partition coefficient (Wildman–Crippen LogP) is 5.47. The van der Waals surface area contributed by atoms with Crippen LogP contribution in [0.25, 0.3) is 6.08 Å². The van der Waals surface area contributed by atoms with Crippen LogP contribution in [-0.4, -0.2) is 15.5 Å². The summed E-state index contributed by atoms with van der Waals surface area (Å²) in [7, 11) is 0. The molecule has 0 atom stereocenters. The van der Waals surface area contributed by atoms with Gasteiger partial charge < -0.3 is 10.3 Å². The van der Waals surface area contributed by atoms with Crippen LogP contribution >= 0.6 is 11.3 Å². The number of hydrogen-bond donors (Lipinski definition) is 1. The highest BCUT2D eigenvalue weighted by Crippen LogP contribution is 2.32. The first kappa shape index (κ1) is 22.8. The number of aryl methyl sites for hydroxylation is 1. The van der Waals surface area contributed by atoms with E-state index in [4.69, 9.17) is 5.73 Å². The molecule has 0 radical (unpaired) electrons. The minimum atomic E-state index is -4.45. The summed E-state index contributed by atoms with van der Waals surface area (Å²) in [6, 6.07) is 9.32. The molecule has 0 spiro atoms. The number of hydrogen-bond acceptors (Lipinski definition) is 3. The van der Waals surface area contributed by atoms with Gasteiger partial charge in [0.15, 0.2) is 0 Å². The molecule has 0 aliphatic carbocycles. The summed E-state index contributed by atoms with van der Waals surface area (Å²) < 4.78 is 42.3. The maximum Gasteiger partial charge on any atom is 0.416 e. The third-order valence-electron chi connectivity index (χ3n) is 4.96. The number of benzene rings is 1. The van der Waals surface area contributed by atoms with E-state index in [-0.39, 0.29) is 12.1 Å². The van der Waals surface area contributed by atoms with Crippen molar-refractivity contribution in [2.24, 2.45) is 5.73 Å². The second kappa shape index (κ2) is 9.96. The zero-order valence-corrected chi connectivity index (χ0v) is 18.0. The van der Waals surface area contributed by atoms with Crippen LogP contribution in [-0.2, 0) is 30.4 Å². The van der Waals surface area contributed by atoms with Crippen molar-refractivity contribution in [1.82, 2.24) is 9.55 Å². The Balaban J connectivity index is 2.03. The molecule has 2 N–H and O–H groups in total. The lowest BCUT2D eigenvalue weighted by Gasteiger charge is -2.16. The van der Waals surface area contributed by atoms with Crippen molar-refractivity contribution in [1.29, 1.82) is 0 Å². The minimum Gasteiger partial charge on any atom is -0.366 e. The van der Waals surface area contributed by atoms with Gasteiger partial charge >= 0.3 is 6.18 Å². The second-order valence-corrected chi connectivity index (χ2v) is 8.27. The molecule has 0 fully saturated rings. The maximum absolute atomic E-state index is 13.5. The second-order valence-electron chi connectivity index (χ2n) is 7.23. The van der Waals surface area contributed by atoms with Crippen molar-refractivity contribution in [2.45, 2.75) is 45.3 Å². The Kier molecular flexibility index (Phi) is 7.33. The normalized spacial score (nSPS) is 12.3. The van der Waals surface area contributed by atoms with Crippen molar-refractivity contribution in [2.75, 3.05) is 0 Å². The summed E-state index contributed by atoms with van der Waals surface area (Å²) in [4.78, 5) is 17.5. The Hall–Kier alpha value is -2.87. The lowest BCUT2D eigenvalue weighted by Crippen LogP contribution is -2.17. The monoisotopic (exact) mass is 447 g/mol. The summed E-state index contributed by atoms with van der Waals surface area (Å²) in [6.45, 7) is 2.05. The van der Waals surface area contributed by atoms with Crippen molar-refractivity contribution in [3.63, 3.8) is 0 Å². The molecular formula is C23H24F3N3OS. The Morgan fingerprint density at radius 3 is 2.65 bits per heavy atom. The zero-order chi connectivity index (χ0) is 22.4.